The van der Waals surface area contributed by atoms with Crippen molar-refractivity contribution < 1.29 is 23.1 Å². The third kappa shape index (κ3) is 4.61. The van der Waals surface area contributed by atoms with Crippen molar-refractivity contribution in [2.45, 2.75) is 12.5 Å². The van der Waals surface area contributed by atoms with Crippen LogP contribution < -0.4 is 5.32 Å². The van der Waals surface area contributed by atoms with Gasteiger partial charge in [-0.1, -0.05) is 18.2 Å². The fraction of sp³-hybridized carbons (Fsp3) is 0.167. The van der Waals surface area contributed by atoms with Gasteiger partial charge in [-0.15, -0.1) is 0 Å². The molecule has 7 heteroatoms. The van der Waals surface area contributed by atoms with Gasteiger partial charge >= 0.3 is 5.97 Å². The Labute approximate surface area is 142 Å². The second-order valence-corrected chi connectivity index (χ2v) is 5.18. The SMILES string of the molecule is COC(=O)[C@H](Cc1ccccc1C#N)NC(=O)c1cc(F)cc(F)c1. The van der Waals surface area contributed by atoms with Crippen LogP contribution in [0.5, 0.6) is 0 Å². The van der Waals surface area contributed by atoms with E-state index in [-0.39, 0.29) is 12.0 Å². The molecule has 0 saturated carbocycles. The summed E-state index contributed by atoms with van der Waals surface area (Å²) in [5.41, 5.74) is 0.619. The fourth-order valence-corrected chi connectivity index (χ4v) is 2.29. The molecule has 0 heterocycles. The summed E-state index contributed by atoms with van der Waals surface area (Å²) < 4.78 is 31.2. The van der Waals surface area contributed by atoms with Gasteiger partial charge in [-0.25, -0.2) is 13.6 Å². The van der Waals surface area contributed by atoms with E-state index in [0.717, 1.165) is 19.2 Å². The van der Waals surface area contributed by atoms with E-state index in [4.69, 9.17) is 5.26 Å². The van der Waals surface area contributed by atoms with Crippen LogP contribution in [0.3, 0.4) is 0 Å². The Balaban J connectivity index is 2.25. The van der Waals surface area contributed by atoms with Crippen molar-refractivity contribution in [3.05, 3.63) is 70.8 Å². The van der Waals surface area contributed by atoms with Crippen molar-refractivity contribution in [1.29, 1.82) is 5.26 Å². The molecule has 5 nitrogen and oxygen atoms in total. The lowest BCUT2D eigenvalue weighted by molar-refractivity contribution is -0.142. The third-order valence-electron chi connectivity index (χ3n) is 3.48. The first kappa shape index (κ1) is 18.1. The largest absolute Gasteiger partial charge is 0.467 e. The van der Waals surface area contributed by atoms with Gasteiger partial charge in [0.2, 0.25) is 0 Å². The van der Waals surface area contributed by atoms with E-state index in [9.17, 15) is 18.4 Å². The molecule has 0 aliphatic carbocycles. The van der Waals surface area contributed by atoms with Crippen molar-refractivity contribution in [3.63, 3.8) is 0 Å². The van der Waals surface area contributed by atoms with Crippen LogP contribution in [0.4, 0.5) is 8.78 Å². The number of methoxy groups -OCH3 is 1. The maximum absolute atomic E-state index is 13.2. The van der Waals surface area contributed by atoms with Gasteiger partial charge in [0, 0.05) is 18.1 Å². The highest BCUT2D eigenvalue weighted by Crippen LogP contribution is 2.13. The van der Waals surface area contributed by atoms with Crippen molar-refractivity contribution >= 4 is 11.9 Å². The monoisotopic (exact) mass is 344 g/mol. The lowest BCUT2D eigenvalue weighted by Gasteiger charge is -2.17. The second-order valence-electron chi connectivity index (χ2n) is 5.18. The molecule has 2 aromatic rings. The first-order valence-corrected chi connectivity index (χ1v) is 7.27. The number of rotatable bonds is 5. The molecule has 0 fully saturated rings. The van der Waals surface area contributed by atoms with E-state index >= 15 is 0 Å². The summed E-state index contributed by atoms with van der Waals surface area (Å²) >= 11 is 0. The molecular formula is C18H14F2N2O3. The molecule has 128 valence electrons. The van der Waals surface area contributed by atoms with E-state index in [1.165, 1.54) is 0 Å². The number of benzene rings is 2. The first-order valence-electron chi connectivity index (χ1n) is 7.27. The van der Waals surface area contributed by atoms with Gasteiger partial charge in [0.05, 0.1) is 18.7 Å². The highest BCUT2D eigenvalue weighted by atomic mass is 19.1. The van der Waals surface area contributed by atoms with E-state index in [0.29, 0.717) is 17.2 Å². The first-order chi connectivity index (χ1) is 11.9. The van der Waals surface area contributed by atoms with Crippen molar-refractivity contribution in [2.75, 3.05) is 7.11 Å². The topological polar surface area (TPSA) is 79.2 Å². The van der Waals surface area contributed by atoms with Crippen LogP contribution >= 0.6 is 0 Å². The summed E-state index contributed by atoms with van der Waals surface area (Å²) in [6.07, 6.45) is -0.0000550. The predicted octanol–water partition coefficient (Wildman–Crippen LogP) is 2.35. The van der Waals surface area contributed by atoms with Gasteiger partial charge in [0.25, 0.3) is 5.91 Å². The molecule has 1 N–H and O–H groups in total. The summed E-state index contributed by atoms with van der Waals surface area (Å²) in [6.45, 7) is 0. The lowest BCUT2D eigenvalue weighted by Crippen LogP contribution is -2.43. The number of carbonyl (C=O) groups excluding carboxylic acids is 2. The van der Waals surface area contributed by atoms with Crippen LogP contribution in [0, 0.1) is 23.0 Å². The van der Waals surface area contributed by atoms with Gasteiger partial charge in [-0.3, -0.25) is 4.79 Å². The maximum Gasteiger partial charge on any atom is 0.328 e. The lowest BCUT2D eigenvalue weighted by atomic mass is 10.0. The number of halogens is 2. The fourth-order valence-electron chi connectivity index (χ4n) is 2.29. The van der Waals surface area contributed by atoms with Gasteiger partial charge in [0.1, 0.15) is 17.7 Å². The average molecular weight is 344 g/mol. The number of ether oxygens (including phenoxy) is 1. The predicted molar refractivity (Wildman–Crippen MR) is 84.5 cm³/mol. The Morgan fingerprint density at radius 2 is 1.84 bits per heavy atom. The molecule has 0 radical (unpaired) electrons. The van der Waals surface area contributed by atoms with Crippen molar-refractivity contribution in [2.24, 2.45) is 0 Å². The zero-order valence-electron chi connectivity index (χ0n) is 13.3. The third-order valence-corrected chi connectivity index (χ3v) is 3.48. The smallest absolute Gasteiger partial charge is 0.328 e. The molecule has 0 unspecified atom stereocenters. The molecule has 25 heavy (non-hydrogen) atoms. The molecule has 2 aromatic carbocycles. The molecule has 0 aromatic heterocycles. The van der Waals surface area contributed by atoms with E-state index in [1.807, 2.05) is 6.07 Å². The molecule has 1 atom stereocenters. The summed E-state index contributed by atoms with van der Waals surface area (Å²) in [4.78, 5) is 24.2. The number of nitriles is 1. The van der Waals surface area contributed by atoms with Gasteiger partial charge in [-0.05, 0) is 23.8 Å². The van der Waals surface area contributed by atoms with Gasteiger partial charge in [0.15, 0.2) is 0 Å². The van der Waals surface area contributed by atoms with Crippen LogP contribution in [-0.4, -0.2) is 25.0 Å². The summed E-state index contributed by atoms with van der Waals surface area (Å²) in [6, 6.07) is 9.81. The minimum Gasteiger partial charge on any atom is -0.467 e. The molecule has 0 aliphatic heterocycles. The molecule has 1 amide bonds. The van der Waals surface area contributed by atoms with Crippen molar-refractivity contribution in [1.82, 2.24) is 5.32 Å². The standard InChI is InChI=1S/C18H14F2N2O3/c1-25-18(24)16(8-11-4-2-3-5-12(11)10-21)22-17(23)13-6-14(19)9-15(20)7-13/h2-7,9,16H,8H2,1H3,(H,22,23)/t16-/m0/s1. The number of nitrogens with zero attached hydrogens (tertiary/aromatic N) is 1. The minimum absolute atomic E-state index is 0.0000550. The summed E-state index contributed by atoms with van der Waals surface area (Å²) in [5, 5.41) is 11.5. The number of hydrogen-bond donors (Lipinski definition) is 1. The average Bonchev–Trinajstić information content (AvgIpc) is 2.60. The number of amides is 1. The Bertz CT molecular complexity index is 826. The molecule has 0 saturated heterocycles. The highest BCUT2D eigenvalue weighted by molar-refractivity contribution is 5.96. The summed E-state index contributed by atoms with van der Waals surface area (Å²) in [5.74, 6) is -3.38. The number of nitrogens with one attached hydrogen (secondary N) is 1. The Hall–Kier alpha value is -3.27. The van der Waals surface area contributed by atoms with Gasteiger partial charge in [-0.2, -0.15) is 5.26 Å². The number of esters is 1. The molecule has 0 spiro atoms. The molecule has 2 rings (SSSR count). The van der Waals surface area contributed by atoms with E-state index < -0.39 is 29.6 Å². The normalized spacial score (nSPS) is 11.3. The Morgan fingerprint density at radius 1 is 1.20 bits per heavy atom. The zero-order chi connectivity index (χ0) is 18.4. The van der Waals surface area contributed by atoms with Crippen LogP contribution in [-0.2, 0) is 16.0 Å². The van der Waals surface area contributed by atoms with E-state index in [1.54, 1.807) is 24.3 Å². The van der Waals surface area contributed by atoms with Gasteiger partial charge < -0.3 is 10.1 Å². The van der Waals surface area contributed by atoms with E-state index in [2.05, 4.69) is 10.1 Å². The second kappa shape index (κ2) is 8.02. The molecular weight excluding hydrogens is 330 g/mol. The Morgan fingerprint density at radius 3 is 2.44 bits per heavy atom. The molecule has 0 aliphatic rings. The highest BCUT2D eigenvalue weighted by Gasteiger charge is 2.24. The minimum atomic E-state index is -1.11. The van der Waals surface area contributed by atoms with Crippen molar-refractivity contribution in [3.8, 4) is 6.07 Å². The molecule has 0 bridgehead atoms. The van der Waals surface area contributed by atoms with Crippen LogP contribution in [0.2, 0.25) is 0 Å². The zero-order valence-corrected chi connectivity index (χ0v) is 13.3. The maximum atomic E-state index is 13.2. The Kier molecular flexibility index (Phi) is 5.79. The number of hydrogen-bond acceptors (Lipinski definition) is 4. The quantitative estimate of drug-likeness (QED) is 0.845. The number of carbonyl (C=O) groups is 2. The van der Waals surface area contributed by atoms with Crippen LogP contribution in [0.1, 0.15) is 21.5 Å². The van der Waals surface area contributed by atoms with Crippen LogP contribution in [0.15, 0.2) is 42.5 Å². The van der Waals surface area contributed by atoms with Crippen LogP contribution in [0.25, 0.3) is 0 Å². The summed E-state index contributed by atoms with van der Waals surface area (Å²) in [7, 11) is 1.15.